The van der Waals surface area contributed by atoms with Gasteiger partial charge in [-0.3, -0.25) is 4.98 Å². The molecule has 2 aromatic rings. The lowest BCUT2D eigenvalue weighted by Crippen LogP contribution is -2.34. The van der Waals surface area contributed by atoms with Gasteiger partial charge >= 0.3 is 0 Å². The van der Waals surface area contributed by atoms with E-state index in [0.717, 1.165) is 19.4 Å². The first-order valence-corrected chi connectivity index (χ1v) is 7.76. The van der Waals surface area contributed by atoms with E-state index in [4.69, 9.17) is 0 Å². The van der Waals surface area contributed by atoms with E-state index in [2.05, 4.69) is 73.5 Å². The number of rotatable bonds is 7. The van der Waals surface area contributed by atoms with E-state index in [-0.39, 0.29) is 5.41 Å². The summed E-state index contributed by atoms with van der Waals surface area (Å²) in [6, 6.07) is 15.4. The quantitative estimate of drug-likeness (QED) is 0.831. The number of pyridine rings is 1. The van der Waals surface area contributed by atoms with Crippen molar-refractivity contribution in [1.82, 2.24) is 10.3 Å². The van der Waals surface area contributed by atoms with Gasteiger partial charge in [0, 0.05) is 18.4 Å². The van der Waals surface area contributed by atoms with Crippen LogP contribution < -0.4 is 5.32 Å². The van der Waals surface area contributed by atoms with Gasteiger partial charge in [0.15, 0.2) is 0 Å². The SMILES string of the molecule is CC(CC(C)(C)c1ccccc1)NCCc1ccncc1. The van der Waals surface area contributed by atoms with E-state index >= 15 is 0 Å². The molecule has 0 aliphatic carbocycles. The third-order valence-electron chi connectivity index (χ3n) is 4.03. The zero-order chi connectivity index (χ0) is 15.1. The maximum atomic E-state index is 4.05. The molecule has 0 fully saturated rings. The number of benzene rings is 1. The van der Waals surface area contributed by atoms with Crippen molar-refractivity contribution in [3.05, 3.63) is 66.0 Å². The Morgan fingerprint density at radius 3 is 2.38 bits per heavy atom. The molecule has 1 aromatic heterocycles. The molecule has 0 spiro atoms. The van der Waals surface area contributed by atoms with Crippen LogP contribution in [0, 0.1) is 0 Å². The van der Waals surface area contributed by atoms with Crippen molar-refractivity contribution < 1.29 is 0 Å². The number of nitrogens with zero attached hydrogens (tertiary/aromatic N) is 1. The molecular weight excluding hydrogens is 256 g/mol. The summed E-state index contributed by atoms with van der Waals surface area (Å²) in [5.41, 5.74) is 2.95. The van der Waals surface area contributed by atoms with Crippen LogP contribution in [0.15, 0.2) is 54.9 Å². The molecule has 1 N–H and O–H groups in total. The molecule has 0 radical (unpaired) electrons. The van der Waals surface area contributed by atoms with Gasteiger partial charge in [-0.25, -0.2) is 0 Å². The van der Waals surface area contributed by atoms with E-state index in [0.29, 0.717) is 6.04 Å². The van der Waals surface area contributed by atoms with Gasteiger partial charge < -0.3 is 5.32 Å². The highest BCUT2D eigenvalue weighted by molar-refractivity contribution is 5.23. The molecule has 2 rings (SSSR count). The third kappa shape index (κ3) is 4.98. The van der Waals surface area contributed by atoms with Crippen LogP contribution >= 0.6 is 0 Å². The van der Waals surface area contributed by atoms with E-state index in [9.17, 15) is 0 Å². The Kier molecular flexibility index (Phi) is 5.51. The van der Waals surface area contributed by atoms with E-state index in [1.165, 1.54) is 11.1 Å². The second kappa shape index (κ2) is 7.37. The third-order valence-corrected chi connectivity index (χ3v) is 4.03. The maximum absolute atomic E-state index is 4.05. The van der Waals surface area contributed by atoms with E-state index < -0.39 is 0 Å². The van der Waals surface area contributed by atoms with Crippen molar-refractivity contribution in [2.75, 3.05) is 6.54 Å². The van der Waals surface area contributed by atoms with Crippen LogP contribution in [-0.2, 0) is 11.8 Å². The minimum atomic E-state index is 0.199. The molecule has 1 aromatic carbocycles. The van der Waals surface area contributed by atoms with E-state index in [1.54, 1.807) is 0 Å². The fourth-order valence-electron chi connectivity index (χ4n) is 2.86. The molecule has 21 heavy (non-hydrogen) atoms. The van der Waals surface area contributed by atoms with E-state index in [1.807, 2.05) is 12.4 Å². The van der Waals surface area contributed by atoms with Gasteiger partial charge in [-0.2, -0.15) is 0 Å². The topological polar surface area (TPSA) is 24.9 Å². The lowest BCUT2D eigenvalue weighted by atomic mass is 9.79. The summed E-state index contributed by atoms with van der Waals surface area (Å²) < 4.78 is 0. The Bertz CT molecular complexity index is 520. The molecule has 2 nitrogen and oxygen atoms in total. The van der Waals surface area contributed by atoms with Crippen LogP contribution in [0.5, 0.6) is 0 Å². The van der Waals surface area contributed by atoms with Crippen LogP contribution in [0.25, 0.3) is 0 Å². The summed E-state index contributed by atoms with van der Waals surface area (Å²) in [7, 11) is 0. The second-order valence-electron chi connectivity index (χ2n) is 6.41. The molecule has 1 heterocycles. The monoisotopic (exact) mass is 282 g/mol. The summed E-state index contributed by atoms with van der Waals surface area (Å²) in [4.78, 5) is 4.05. The van der Waals surface area contributed by atoms with Crippen LogP contribution in [0.1, 0.15) is 38.3 Å². The molecule has 0 bridgehead atoms. The van der Waals surface area contributed by atoms with Gasteiger partial charge in [0.1, 0.15) is 0 Å². The average molecular weight is 282 g/mol. The van der Waals surface area contributed by atoms with Crippen molar-refractivity contribution in [2.45, 2.75) is 45.1 Å². The smallest absolute Gasteiger partial charge is 0.0270 e. The lowest BCUT2D eigenvalue weighted by molar-refractivity contribution is 0.390. The summed E-state index contributed by atoms with van der Waals surface area (Å²) in [5, 5.41) is 3.64. The molecule has 112 valence electrons. The molecule has 0 saturated heterocycles. The molecule has 0 aliphatic rings. The fourth-order valence-corrected chi connectivity index (χ4v) is 2.86. The molecule has 0 aliphatic heterocycles. The fraction of sp³-hybridized carbons (Fsp3) is 0.421. The molecule has 1 atom stereocenters. The van der Waals surface area contributed by atoms with Gasteiger partial charge in [-0.15, -0.1) is 0 Å². The van der Waals surface area contributed by atoms with Crippen LogP contribution in [-0.4, -0.2) is 17.6 Å². The van der Waals surface area contributed by atoms with Crippen LogP contribution in [0.3, 0.4) is 0 Å². The molecule has 0 amide bonds. The Balaban J connectivity index is 1.80. The summed E-state index contributed by atoms with van der Waals surface area (Å²) in [6.07, 6.45) is 5.90. The number of hydrogen-bond donors (Lipinski definition) is 1. The predicted octanol–water partition coefficient (Wildman–Crippen LogP) is 3.97. The summed E-state index contributed by atoms with van der Waals surface area (Å²) in [5.74, 6) is 0. The predicted molar refractivity (Wildman–Crippen MR) is 89.5 cm³/mol. The highest BCUT2D eigenvalue weighted by Crippen LogP contribution is 2.28. The average Bonchev–Trinajstić information content (AvgIpc) is 2.49. The number of hydrogen-bond acceptors (Lipinski definition) is 2. The molecule has 1 unspecified atom stereocenters. The standard InChI is InChI=1S/C19H26N2/c1-16(21-14-11-17-9-12-20-13-10-17)15-19(2,3)18-7-5-4-6-8-18/h4-10,12-13,16,21H,11,14-15H2,1-3H3. The normalized spacial score (nSPS) is 13.1. The van der Waals surface area contributed by atoms with Crippen molar-refractivity contribution in [2.24, 2.45) is 0 Å². The van der Waals surface area contributed by atoms with Crippen molar-refractivity contribution in [3.8, 4) is 0 Å². The largest absolute Gasteiger partial charge is 0.314 e. The van der Waals surface area contributed by atoms with Crippen molar-refractivity contribution in [1.29, 1.82) is 0 Å². The highest BCUT2D eigenvalue weighted by Gasteiger charge is 2.22. The first-order chi connectivity index (χ1) is 10.1. The summed E-state index contributed by atoms with van der Waals surface area (Å²) >= 11 is 0. The Morgan fingerprint density at radius 2 is 1.71 bits per heavy atom. The van der Waals surface area contributed by atoms with Crippen molar-refractivity contribution >= 4 is 0 Å². The molecule has 0 saturated carbocycles. The van der Waals surface area contributed by atoms with Gasteiger partial charge in [0.2, 0.25) is 0 Å². The first kappa shape index (κ1) is 15.7. The zero-order valence-electron chi connectivity index (χ0n) is 13.3. The van der Waals surface area contributed by atoms with Crippen molar-refractivity contribution in [3.63, 3.8) is 0 Å². The zero-order valence-corrected chi connectivity index (χ0v) is 13.3. The summed E-state index contributed by atoms with van der Waals surface area (Å²) in [6.45, 7) is 7.93. The van der Waals surface area contributed by atoms with Crippen LogP contribution in [0.4, 0.5) is 0 Å². The van der Waals surface area contributed by atoms with Gasteiger partial charge in [0.25, 0.3) is 0 Å². The van der Waals surface area contributed by atoms with Gasteiger partial charge in [0.05, 0.1) is 0 Å². The Labute approximate surface area is 128 Å². The molecule has 2 heteroatoms. The maximum Gasteiger partial charge on any atom is 0.0270 e. The molecular formula is C19H26N2. The lowest BCUT2D eigenvalue weighted by Gasteiger charge is -2.29. The van der Waals surface area contributed by atoms with Gasteiger partial charge in [-0.1, -0.05) is 44.2 Å². The van der Waals surface area contributed by atoms with Crippen LogP contribution in [0.2, 0.25) is 0 Å². The second-order valence-corrected chi connectivity index (χ2v) is 6.41. The van der Waals surface area contributed by atoms with Gasteiger partial charge in [-0.05, 0) is 55.0 Å². The minimum Gasteiger partial charge on any atom is -0.314 e. The first-order valence-electron chi connectivity index (χ1n) is 7.76. The highest BCUT2D eigenvalue weighted by atomic mass is 14.9. The number of aromatic nitrogens is 1. The Morgan fingerprint density at radius 1 is 1.05 bits per heavy atom. The Hall–Kier alpha value is -1.67. The minimum absolute atomic E-state index is 0.199. The number of nitrogens with one attached hydrogen (secondary N) is 1.